The Hall–Kier alpha value is -0.950. The van der Waals surface area contributed by atoms with E-state index in [1.807, 2.05) is 0 Å². The molecule has 0 spiro atoms. The number of esters is 1. The third kappa shape index (κ3) is 2.21. The fraction of sp³-hybridized carbons (Fsp3) is 0.864. The Bertz CT molecular complexity index is 735. The first-order chi connectivity index (χ1) is 13.1. The molecule has 5 aliphatic rings. The molecule has 4 saturated carbocycles. The van der Waals surface area contributed by atoms with Gasteiger partial charge in [-0.05, 0) is 74.7 Å². The lowest BCUT2D eigenvalue weighted by molar-refractivity contribution is -0.288. The zero-order chi connectivity index (χ0) is 19.9. The summed E-state index contributed by atoms with van der Waals surface area (Å²) in [6, 6.07) is 0. The number of carbonyl (C=O) groups is 1. The third-order valence-electron chi connectivity index (χ3n) is 9.50. The molecule has 28 heavy (non-hydrogen) atoms. The highest BCUT2D eigenvalue weighted by atomic mass is 16.5. The van der Waals surface area contributed by atoms with Crippen LogP contribution in [0.5, 0.6) is 0 Å². The van der Waals surface area contributed by atoms with Crippen LogP contribution in [-0.2, 0) is 9.53 Å². The van der Waals surface area contributed by atoms with Crippen molar-refractivity contribution in [1.29, 1.82) is 0 Å². The van der Waals surface area contributed by atoms with E-state index in [-0.39, 0.29) is 35.6 Å². The van der Waals surface area contributed by atoms with Crippen LogP contribution in [0.15, 0.2) is 11.6 Å². The number of aliphatic hydroxyl groups excluding tert-OH is 1. The number of ether oxygens (including phenoxy) is 1. The van der Waals surface area contributed by atoms with Gasteiger partial charge in [0.05, 0.1) is 22.9 Å². The van der Waals surface area contributed by atoms with Gasteiger partial charge in [0.1, 0.15) is 6.61 Å². The summed E-state index contributed by atoms with van der Waals surface area (Å²) in [6.45, 7) is 2.46. The van der Waals surface area contributed by atoms with Crippen LogP contribution >= 0.6 is 0 Å². The Morgan fingerprint density at radius 2 is 1.64 bits per heavy atom. The van der Waals surface area contributed by atoms with Crippen molar-refractivity contribution in [2.75, 3.05) is 6.61 Å². The minimum absolute atomic E-state index is 0.0737. The summed E-state index contributed by atoms with van der Waals surface area (Å²) in [4.78, 5) is 11.6. The molecule has 1 heterocycles. The number of rotatable bonds is 1. The smallest absolute Gasteiger partial charge is 0.331 e. The summed E-state index contributed by atoms with van der Waals surface area (Å²) < 4.78 is 5.14. The van der Waals surface area contributed by atoms with Crippen molar-refractivity contribution in [3.63, 3.8) is 0 Å². The monoisotopic (exact) mass is 392 g/mol. The zero-order valence-electron chi connectivity index (χ0n) is 16.6. The summed E-state index contributed by atoms with van der Waals surface area (Å²) in [5.41, 5.74) is -2.78. The molecular weight excluding hydrogens is 360 g/mol. The van der Waals surface area contributed by atoms with Crippen LogP contribution in [0.4, 0.5) is 0 Å². The molecule has 4 N–H and O–H groups in total. The molecule has 5 rings (SSSR count). The van der Waals surface area contributed by atoms with Gasteiger partial charge in [-0.3, -0.25) is 0 Å². The van der Waals surface area contributed by atoms with E-state index in [4.69, 9.17) is 4.74 Å². The summed E-state index contributed by atoms with van der Waals surface area (Å²) in [7, 11) is 0. The van der Waals surface area contributed by atoms with Crippen molar-refractivity contribution in [2.24, 2.45) is 23.2 Å². The van der Waals surface area contributed by atoms with Gasteiger partial charge in [0, 0.05) is 17.9 Å². The van der Waals surface area contributed by atoms with E-state index in [9.17, 15) is 25.2 Å². The number of hydrogen-bond acceptors (Lipinski definition) is 6. The fourth-order valence-electron chi connectivity index (χ4n) is 7.99. The number of carbonyl (C=O) groups excluding carboxylic acids is 1. The quantitative estimate of drug-likeness (QED) is 0.503. The van der Waals surface area contributed by atoms with E-state index < -0.39 is 22.9 Å². The minimum Gasteiger partial charge on any atom is -0.458 e. The second-order valence-corrected chi connectivity index (χ2v) is 10.4. The van der Waals surface area contributed by atoms with Crippen molar-refractivity contribution in [2.45, 2.75) is 87.6 Å². The predicted molar refractivity (Wildman–Crippen MR) is 100 cm³/mol. The molecular formula is C22H32O6. The lowest BCUT2D eigenvalue weighted by Crippen LogP contribution is -2.71. The highest BCUT2D eigenvalue weighted by molar-refractivity contribution is 5.85. The van der Waals surface area contributed by atoms with Crippen molar-refractivity contribution in [3.05, 3.63) is 11.6 Å². The fourth-order valence-corrected chi connectivity index (χ4v) is 7.99. The molecule has 0 bridgehead atoms. The molecule has 0 unspecified atom stereocenters. The van der Waals surface area contributed by atoms with Crippen molar-refractivity contribution in [3.8, 4) is 0 Å². The van der Waals surface area contributed by atoms with E-state index >= 15 is 0 Å². The predicted octanol–water partition coefficient (Wildman–Crippen LogP) is 1.44. The third-order valence-corrected chi connectivity index (χ3v) is 9.50. The Balaban J connectivity index is 1.49. The molecule has 4 fully saturated rings. The first-order valence-corrected chi connectivity index (χ1v) is 10.9. The van der Waals surface area contributed by atoms with E-state index in [0.29, 0.717) is 38.7 Å². The van der Waals surface area contributed by atoms with Gasteiger partial charge in [0.15, 0.2) is 0 Å². The zero-order valence-corrected chi connectivity index (χ0v) is 16.6. The molecule has 0 saturated heterocycles. The molecule has 8 atom stereocenters. The van der Waals surface area contributed by atoms with Gasteiger partial charge in [-0.25, -0.2) is 4.79 Å². The van der Waals surface area contributed by atoms with Crippen LogP contribution in [0.1, 0.15) is 64.7 Å². The summed E-state index contributed by atoms with van der Waals surface area (Å²) >= 11 is 0. The van der Waals surface area contributed by atoms with Gasteiger partial charge in [0.2, 0.25) is 0 Å². The van der Waals surface area contributed by atoms with Crippen LogP contribution in [0.3, 0.4) is 0 Å². The van der Waals surface area contributed by atoms with E-state index in [1.54, 1.807) is 6.08 Å². The average molecular weight is 392 g/mol. The normalized spacial score (nSPS) is 55.8. The maximum absolute atomic E-state index is 12.0. The maximum atomic E-state index is 12.0. The summed E-state index contributed by atoms with van der Waals surface area (Å²) in [6.07, 6.45) is 6.17. The SMILES string of the molecule is C[C@]12CC[C@H]3[C@H](CC[C@@]4(O)C[C@@H](O)CC[C@]34O)[C@]1(O)CC[C@@H]2C1=CC(=O)OC1. The van der Waals surface area contributed by atoms with Crippen molar-refractivity contribution >= 4 is 5.97 Å². The molecule has 0 aromatic heterocycles. The molecule has 0 aromatic rings. The molecule has 4 aliphatic carbocycles. The highest BCUT2D eigenvalue weighted by Gasteiger charge is 2.71. The highest BCUT2D eigenvalue weighted by Crippen LogP contribution is 2.68. The van der Waals surface area contributed by atoms with Gasteiger partial charge < -0.3 is 25.2 Å². The minimum atomic E-state index is -1.26. The maximum Gasteiger partial charge on any atom is 0.331 e. The number of hydrogen-bond donors (Lipinski definition) is 4. The molecule has 6 heteroatoms. The van der Waals surface area contributed by atoms with Gasteiger partial charge in [-0.15, -0.1) is 0 Å². The van der Waals surface area contributed by atoms with E-state index in [0.717, 1.165) is 24.8 Å². The van der Waals surface area contributed by atoms with E-state index in [2.05, 4.69) is 6.92 Å². The van der Waals surface area contributed by atoms with Gasteiger partial charge in [0.25, 0.3) is 0 Å². The second kappa shape index (κ2) is 5.81. The largest absolute Gasteiger partial charge is 0.458 e. The summed E-state index contributed by atoms with van der Waals surface area (Å²) in [5.74, 6) is -0.407. The Morgan fingerprint density at radius 1 is 0.964 bits per heavy atom. The first-order valence-electron chi connectivity index (χ1n) is 10.9. The van der Waals surface area contributed by atoms with Crippen LogP contribution in [0, 0.1) is 23.2 Å². The van der Waals surface area contributed by atoms with Crippen LogP contribution in [0.25, 0.3) is 0 Å². The van der Waals surface area contributed by atoms with E-state index in [1.165, 1.54) is 0 Å². The number of fused-ring (bicyclic) bond motifs is 5. The van der Waals surface area contributed by atoms with Crippen LogP contribution in [-0.4, -0.2) is 55.9 Å². The first kappa shape index (κ1) is 19.0. The Kier molecular flexibility index (Phi) is 3.95. The number of cyclic esters (lactones) is 1. The molecule has 1 aliphatic heterocycles. The van der Waals surface area contributed by atoms with Crippen LogP contribution < -0.4 is 0 Å². The van der Waals surface area contributed by atoms with Crippen molar-refractivity contribution in [1.82, 2.24) is 0 Å². The Morgan fingerprint density at radius 3 is 2.36 bits per heavy atom. The lowest BCUT2D eigenvalue weighted by Gasteiger charge is -2.64. The van der Waals surface area contributed by atoms with Gasteiger partial charge >= 0.3 is 5.97 Å². The topological polar surface area (TPSA) is 107 Å². The molecule has 0 radical (unpaired) electrons. The second-order valence-electron chi connectivity index (χ2n) is 10.4. The van der Waals surface area contributed by atoms with Gasteiger partial charge in [-0.2, -0.15) is 0 Å². The molecule has 0 amide bonds. The molecule has 6 nitrogen and oxygen atoms in total. The molecule has 0 aromatic carbocycles. The Labute approximate surface area is 165 Å². The van der Waals surface area contributed by atoms with Crippen LogP contribution in [0.2, 0.25) is 0 Å². The lowest BCUT2D eigenvalue weighted by atomic mass is 9.45. The average Bonchev–Trinajstić information content (AvgIpc) is 3.17. The van der Waals surface area contributed by atoms with Crippen molar-refractivity contribution < 1.29 is 30.0 Å². The summed E-state index contributed by atoms with van der Waals surface area (Å²) in [5, 5.41) is 45.0. The number of aliphatic hydroxyl groups is 4. The molecule has 156 valence electrons. The van der Waals surface area contributed by atoms with Gasteiger partial charge in [-0.1, -0.05) is 6.92 Å². The standard InChI is InChI=1S/C22H32O6/c1-19-6-3-17-16(4-7-20(25)11-14(23)2-8-22(17,20)27)21(19,26)9-5-15(19)13-10-18(24)28-12-13/h10,14-17,23,25-27H,2-9,11-12H2,1H3/t14-,15+,16-,17-,19+,20+,21+,22-/m0/s1.